The maximum absolute atomic E-state index is 12.6. The van der Waals surface area contributed by atoms with E-state index in [0.29, 0.717) is 22.1 Å². The van der Waals surface area contributed by atoms with Gasteiger partial charge in [0.2, 0.25) is 0 Å². The number of hydrogen-bond acceptors (Lipinski definition) is 3. The van der Waals surface area contributed by atoms with E-state index in [4.69, 9.17) is 11.6 Å². The smallest absolute Gasteiger partial charge is 0.303 e. The van der Waals surface area contributed by atoms with Gasteiger partial charge in [-0.05, 0) is 33.6 Å². The highest BCUT2D eigenvalue weighted by molar-refractivity contribution is 9.10. The van der Waals surface area contributed by atoms with E-state index in [9.17, 15) is 18.0 Å². The molecule has 3 aromatic rings. The minimum absolute atomic E-state index is 0.167. The number of alkyl halides is 3. The lowest BCUT2D eigenvalue weighted by atomic mass is 10.2. The fraction of sp³-hybridized carbons (Fsp3) is 0.133. The van der Waals surface area contributed by atoms with Gasteiger partial charge in [0.1, 0.15) is 5.69 Å². The van der Waals surface area contributed by atoms with Crippen molar-refractivity contribution in [2.24, 2.45) is 0 Å². The molecule has 0 saturated heterocycles. The quantitative estimate of drug-likeness (QED) is 0.623. The second kappa shape index (κ2) is 7.12. The number of nitrogens with zero attached hydrogens (tertiary/aromatic N) is 3. The van der Waals surface area contributed by atoms with Gasteiger partial charge in [-0.3, -0.25) is 14.6 Å². The first kappa shape index (κ1) is 18.5. The third-order valence-electron chi connectivity index (χ3n) is 3.32. The van der Waals surface area contributed by atoms with Crippen LogP contribution in [0.4, 0.5) is 19.0 Å². The van der Waals surface area contributed by atoms with E-state index in [-0.39, 0.29) is 5.82 Å². The van der Waals surface area contributed by atoms with E-state index in [0.717, 1.165) is 5.56 Å². The molecule has 1 amide bonds. The highest BCUT2D eigenvalue weighted by Gasteiger charge is 2.33. The van der Waals surface area contributed by atoms with Crippen LogP contribution in [0, 0.1) is 0 Å². The highest BCUT2D eigenvalue weighted by atomic mass is 79.9. The molecular weight excluding hydrogens is 439 g/mol. The summed E-state index contributed by atoms with van der Waals surface area (Å²) >= 11 is 9.09. The van der Waals surface area contributed by atoms with Crippen LogP contribution in [0.15, 0.2) is 41.0 Å². The monoisotopic (exact) mass is 447 g/mol. The molecule has 1 aromatic carbocycles. The Balaban J connectivity index is 1.72. The predicted octanol–water partition coefficient (Wildman–Crippen LogP) is 4.34. The van der Waals surface area contributed by atoms with Crippen molar-refractivity contribution in [3.05, 3.63) is 63.0 Å². The van der Waals surface area contributed by atoms with Crippen LogP contribution in [-0.2, 0) is 12.7 Å². The van der Waals surface area contributed by atoms with Crippen LogP contribution in [0.5, 0.6) is 0 Å². The van der Waals surface area contributed by atoms with E-state index >= 15 is 0 Å². The van der Waals surface area contributed by atoms with Gasteiger partial charge < -0.3 is 5.32 Å². The molecule has 26 heavy (non-hydrogen) atoms. The molecule has 0 aliphatic rings. The van der Waals surface area contributed by atoms with Gasteiger partial charge in [-0.15, -0.1) is 0 Å². The molecule has 2 aromatic heterocycles. The maximum Gasteiger partial charge on any atom is 0.432 e. The Bertz CT molecular complexity index is 936. The Morgan fingerprint density at radius 2 is 2.00 bits per heavy atom. The fourth-order valence-electron chi connectivity index (χ4n) is 2.09. The first-order valence-corrected chi connectivity index (χ1v) is 8.31. The standard InChI is InChI=1S/C15H10BrClF3N5O/c16-10-7-25(6-8-1-3-9(17)4-2-8)24-13(10)21-14(26)11-5-12(23-22-11)15(18,19)20/h1-5,7H,6H2,(H,22,23)(H,21,24,26). The predicted molar refractivity (Wildman–Crippen MR) is 92.0 cm³/mol. The third-order valence-corrected chi connectivity index (χ3v) is 4.15. The van der Waals surface area contributed by atoms with E-state index in [1.807, 2.05) is 12.1 Å². The number of anilines is 1. The number of hydrogen-bond donors (Lipinski definition) is 2. The Kier molecular flexibility index (Phi) is 5.05. The van der Waals surface area contributed by atoms with Crippen LogP contribution in [0.25, 0.3) is 0 Å². The minimum atomic E-state index is -4.60. The second-order valence-electron chi connectivity index (χ2n) is 5.27. The lowest BCUT2D eigenvalue weighted by Gasteiger charge is -2.02. The van der Waals surface area contributed by atoms with Crippen molar-refractivity contribution in [1.82, 2.24) is 20.0 Å². The number of benzene rings is 1. The van der Waals surface area contributed by atoms with E-state index in [1.165, 1.54) is 0 Å². The summed E-state index contributed by atoms with van der Waals surface area (Å²) in [5, 5.41) is 12.4. The molecule has 0 spiro atoms. The third kappa shape index (κ3) is 4.25. The zero-order valence-electron chi connectivity index (χ0n) is 12.8. The average molecular weight is 449 g/mol. The number of rotatable bonds is 4. The lowest BCUT2D eigenvalue weighted by molar-refractivity contribution is -0.141. The van der Waals surface area contributed by atoms with Gasteiger partial charge in [-0.1, -0.05) is 23.7 Å². The number of nitrogens with one attached hydrogen (secondary N) is 2. The van der Waals surface area contributed by atoms with Gasteiger partial charge in [-0.2, -0.15) is 23.4 Å². The van der Waals surface area contributed by atoms with Gasteiger partial charge in [0.15, 0.2) is 11.5 Å². The van der Waals surface area contributed by atoms with Crippen molar-refractivity contribution in [1.29, 1.82) is 0 Å². The average Bonchev–Trinajstić information content (AvgIpc) is 3.17. The van der Waals surface area contributed by atoms with Gasteiger partial charge >= 0.3 is 6.18 Å². The summed E-state index contributed by atoms with van der Waals surface area (Å²) in [6.45, 7) is 0.423. The molecule has 11 heteroatoms. The van der Waals surface area contributed by atoms with E-state index < -0.39 is 23.5 Å². The SMILES string of the molecule is O=C(Nc1nn(Cc2ccc(Cl)cc2)cc1Br)c1cc(C(F)(F)F)[nH]n1. The van der Waals surface area contributed by atoms with Crippen molar-refractivity contribution >= 4 is 39.3 Å². The number of aromatic amines is 1. The molecule has 0 bridgehead atoms. The number of carbonyl (C=O) groups is 1. The van der Waals surface area contributed by atoms with Crippen LogP contribution in [0.3, 0.4) is 0 Å². The number of carbonyl (C=O) groups excluding carboxylic acids is 1. The van der Waals surface area contributed by atoms with E-state index in [1.54, 1.807) is 28.1 Å². The maximum atomic E-state index is 12.6. The molecule has 0 aliphatic heterocycles. The molecule has 3 rings (SSSR count). The number of amides is 1. The van der Waals surface area contributed by atoms with Crippen LogP contribution in [0.1, 0.15) is 21.7 Å². The summed E-state index contributed by atoms with van der Waals surface area (Å²) in [5.41, 5.74) is -0.559. The molecule has 0 saturated carbocycles. The first-order chi connectivity index (χ1) is 12.2. The number of aromatic nitrogens is 4. The second-order valence-corrected chi connectivity index (χ2v) is 6.56. The van der Waals surface area contributed by atoms with Gasteiger partial charge in [0.25, 0.3) is 5.91 Å². The van der Waals surface area contributed by atoms with E-state index in [2.05, 4.69) is 31.4 Å². The molecule has 2 N–H and O–H groups in total. The van der Waals surface area contributed by atoms with Crippen molar-refractivity contribution < 1.29 is 18.0 Å². The number of H-pyrrole nitrogens is 1. The Labute approximate surface area is 158 Å². The summed E-state index contributed by atoms with van der Waals surface area (Å²) < 4.78 is 39.7. The topological polar surface area (TPSA) is 75.6 Å². The molecular formula is C15H10BrClF3N5O. The summed E-state index contributed by atoms with van der Waals surface area (Å²) in [4.78, 5) is 12.1. The van der Waals surface area contributed by atoms with Crippen molar-refractivity contribution in [2.45, 2.75) is 12.7 Å². The van der Waals surface area contributed by atoms with Crippen LogP contribution in [0.2, 0.25) is 5.02 Å². The summed E-state index contributed by atoms with van der Waals surface area (Å²) in [6.07, 6.45) is -2.97. The Morgan fingerprint density at radius 3 is 2.62 bits per heavy atom. The lowest BCUT2D eigenvalue weighted by Crippen LogP contribution is -2.13. The van der Waals surface area contributed by atoms with Crippen molar-refractivity contribution in [2.75, 3.05) is 5.32 Å². The summed E-state index contributed by atoms with van der Waals surface area (Å²) in [6, 6.07) is 7.78. The first-order valence-electron chi connectivity index (χ1n) is 7.14. The Morgan fingerprint density at radius 1 is 1.31 bits per heavy atom. The normalized spacial score (nSPS) is 11.6. The summed E-state index contributed by atoms with van der Waals surface area (Å²) in [5.74, 6) is -0.644. The molecule has 0 atom stereocenters. The van der Waals surface area contributed by atoms with Gasteiger partial charge in [0, 0.05) is 17.3 Å². The Hall–Kier alpha value is -2.33. The molecule has 0 fully saturated rings. The zero-order valence-corrected chi connectivity index (χ0v) is 15.2. The fourth-order valence-corrected chi connectivity index (χ4v) is 2.64. The van der Waals surface area contributed by atoms with Crippen LogP contribution < -0.4 is 5.32 Å². The van der Waals surface area contributed by atoms with Crippen LogP contribution >= 0.6 is 27.5 Å². The highest BCUT2D eigenvalue weighted by Crippen LogP contribution is 2.28. The molecule has 0 aliphatic carbocycles. The molecule has 0 unspecified atom stereocenters. The van der Waals surface area contributed by atoms with Gasteiger partial charge in [0.05, 0.1) is 11.0 Å². The molecule has 136 valence electrons. The number of halogens is 5. The van der Waals surface area contributed by atoms with Crippen molar-refractivity contribution in [3.8, 4) is 0 Å². The molecule has 0 radical (unpaired) electrons. The van der Waals surface area contributed by atoms with Crippen LogP contribution in [-0.4, -0.2) is 25.9 Å². The largest absolute Gasteiger partial charge is 0.432 e. The van der Waals surface area contributed by atoms with Gasteiger partial charge in [-0.25, -0.2) is 0 Å². The zero-order chi connectivity index (χ0) is 18.9. The molecule has 6 nitrogen and oxygen atoms in total. The minimum Gasteiger partial charge on any atom is -0.303 e. The summed E-state index contributed by atoms with van der Waals surface area (Å²) in [7, 11) is 0. The molecule has 2 heterocycles. The van der Waals surface area contributed by atoms with Crippen molar-refractivity contribution in [3.63, 3.8) is 0 Å².